The zero-order valence-electron chi connectivity index (χ0n) is 31.4. The van der Waals surface area contributed by atoms with Crippen molar-refractivity contribution in [2.75, 3.05) is 6.61 Å². The van der Waals surface area contributed by atoms with E-state index >= 15 is 0 Å². The molecule has 0 radical (unpaired) electrons. The maximum absolute atomic E-state index is 13.3. The number of carbonyl (C=O) groups excluding carboxylic acids is 1. The summed E-state index contributed by atoms with van der Waals surface area (Å²) in [5.74, 6) is -0.00836. The SMILES string of the molecule is O=C[C@@H](CCCCC[C@H]1C/C=C/C[C@@H](C(=O)O)[C@@]2(CC[C@@H]3C=c4ccccc4=C(O)[C@@H]3C2)c2cccc(c2)C[C@H]1c1ccc(O)cc1)[C@@H]1C=C(CO)CC1. The summed E-state index contributed by atoms with van der Waals surface area (Å²) in [6.45, 7) is 0.0841. The first kappa shape index (κ1) is 37.9. The number of phenolic OH excluding ortho intramolecular Hbond substituents is 1. The Morgan fingerprint density at radius 3 is 2.48 bits per heavy atom. The van der Waals surface area contributed by atoms with Crippen LogP contribution in [-0.4, -0.2) is 39.3 Å². The van der Waals surface area contributed by atoms with Crippen LogP contribution in [0.25, 0.3) is 11.8 Å². The normalized spacial score (nSPS) is 29.1. The van der Waals surface area contributed by atoms with Crippen molar-refractivity contribution in [3.05, 3.63) is 124 Å². The molecule has 0 aromatic heterocycles. The molecule has 6 nitrogen and oxygen atoms in total. The molecule has 0 saturated heterocycles. The van der Waals surface area contributed by atoms with E-state index < -0.39 is 17.3 Å². The van der Waals surface area contributed by atoms with Crippen molar-refractivity contribution in [1.82, 2.24) is 0 Å². The summed E-state index contributed by atoms with van der Waals surface area (Å²) >= 11 is 0. The summed E-state index contributed by atoms with van der Waals surface area (Å²) in [5, 5.41) is 44.3. The van der Waals surface area contributed by atoms with Crippen molar-refractivity contribution in [3.8, 4) is 5.75 Å². The van der Waals surface area contributed by atoms with Gasteiger partial charge in [-0.25, -0.2) is 0 Å². The maximum atomic E-state index is 13.3. The van der Waals surface area contributed by atoms with Gasteiger partial charge in [0.05, 0.1) is 12.5 Å². The van der Waals surface area contributed by atoms with Gasteiger partial charge in [0, 0.05) is 22.5 Å². The van der Waals surface area contributed by atoms with Gasteiger partial charge in [-0.3, -0.25) is 4.79 Å². The van der Waals surface area contributed by atoms with E-state index in [4.69, 9.17) is 0 Å². The van der Waals surface area contributed by atoms with Gasteiger partial charge in [-0.2, -0.15) is 0 Å². The van der Waals surface area contributed by atoms with Gasteiger partial charge in [-0.1, -0.05) is 104 Å². The molecule has 8 atom stereocenters. The van der Waals surface area contributed by atoms with Gasteiger partial charge >= 0.3 is 5.97 Å². The minimum atomic E-state index is -0.784. The fraction of sp³-hybridized carbons (Fsp3) is 0.458. The number of phenols is 1. The standard InChI is InChI=1S/C48H56O6/c49-30-33-17-18-36(25-33)39(31-50)13-3-1-2-10-34-11-5-7-16-45(47(53)54)48(24-23-38-28-37-12-4-6-15-42(37)46(52)44(38)29-48)40-14-8-9-32(26-40)27-43(34)35-19-21-41(51)22-20-35/h4-9,12,14-15,19-22,25-26,28,31,34,36,38-39,43-45,49,51-52H,1-3,10-11,13,16-18,23-24,27,29-30H2,(H,53,54)/b7-5+/t34-,36-,38+,39+,43+,44+,45-,48+/m0/s1. The first-order valence-corrected chi connectivity index (χ1v) is 20.3. The van der Waals surface area contributed by atoms with Crippen LogP contribution >= 0.6 is 0 Å². The fourth-order valence-corrected chi connectivity index (χ4v) is 10.6. The molecule has 3 aromatic carbocycles. The van der Waals surface area contributed by atoms with Crippen molar-refractivity contribution >= 4 is 24.1 Å². The van der Waals surface area contributed by atoms with Gasteiger partial charge < -0.3 is 25.2 Å². The average molecular weight is 729 g/mol. The number of aromatic hydroxyl groups is 1. The third-order valence-electron chi connectivity index (χ3n) is 13.6. The Bertz CT molecular complexity index is 1980. The molecule has 1 spiro atoms. The Kier molecular flexibility index (Phi) is 11.9. The van der Waals surface area contributed by atoms with Gasteiger partial charge in [-0.05, 0) is 127 Å². The number of benzene rings is 3. The number of aliphatic hydroxyl groups excluding tert-OH is 2. The summed E-state index contributed by atoms with van der Waals surface area (Å²) < 4.78 is 0. The van der Waals surface area contributed by atoms with Crippen LogP contribution in [-0.2, 0) is 21.4 Å². The molecule has 0 heterocycles. The molecule has 0 unspecified atom stereocenters. The first-order valence-electron chi connectivity index (χ1n) is 20.3. The van der Waals surface area contributed by atoms with E-state index in [0.717, 1.165) is 98.5 Å². The number of aliphatic hydroxyl groups is 2. The van der Waals surface area contributed by atoms with Crippen LogP contribution in [0.2, 0.25) is 0 Å². The Balaban J connectivity index is 1.16. The van der Waals surface area contributed by atoms with Crippen LogP contribution in [0.5, 0.6) is 5.75 Å². The molecule has 0 aliphatic heterocycles. The van der Waals surface area contributed by atoms with E-state index in [1.807, 2.05) is 18.2 Å². The third kappa shape index (κ3) is 8.00. The number of hydrogen-bond acceptors (Lipinski definition) is 5. The number of carbonyl (C=O) groups is 2. The fourth-order valence-electron chi connectivity index (χ4n) is 10.6. The number of hydrogen-bond donors (Lipinski definition) is 4. The Labute approximate surface area is 319 Å². The summed E-state index contributed by atoms with van der Waals surface area (Å²) in [6.07, 6.45) is 20.8. The second kappa shape index (κ2) is 16.9. The van der Waals surface area contributed by atoms with Crippen molar-refractivity contribution in [3.63, 3.8) is 0 Å². The highest BCUT2D eigenvalue weighted by Crippen LogP contribution is 2.53. The van der Waals surface area contributed by atoms with E-state index in [9.17, 15) is 30.0 Å². The molecule has 3 aromatic rings. The minimum absolute atomic E-state index is 0.00443. The smallest absolute Gasteiger partial charge is 0.307 e. The van der Waals surface area contributed by atoms with Gasteiger partial charge in [0.25, 0.3) is 0 Å². The molecule has 2 bridgehead atoms. The molecule has 1 saturated carbocycles. The molecule has 4 N–H and O–H groups in total. The second-order valence-corrected chi connectivity index (χ2v) is 16.6. The first-order chi connectivity index (χ1) is 26.3. The van der Waals surface area contributed by atoms with E-state index in [2.05, 4.69) is 66.8 Å². The lowest BCUT2D eigenvalue weighted by molar-refractivity contribution is -0.145. The summed E-state index contributed by atoms with van der Waals surface area (Å²) in [7, 11) is 0. The van der Waals surface area contributed by atoms with Crippen LogP contribution in [0.15, 0.2) is 96.6 Å². The Morgan fingerprint density at radius 2 is 1.70 bits per heavy atom. The number of rotatable bonds is 11. The molecule has 4 aliphatic rings. The lowest BCUT2D eigenvalue weighted by atomic mass is 9.55. The quantitative estimate of drug-likeness (QED) is 0.0898. The number of unbranched alkanes of at least 4 members (excludes halogenated alkanes) is 2. The predicted octanol–water partition coefficient (Wildman–Crippen LogP) is 8.29. The molecule has 284 valence electrons. The van der Waals surface area contributed by atoms with E-state index in [1.165, 1.54) is 11.1 Å². The van der Waals surface area contributed by atoms with Crippen molar-refractivity contribution in [2.45, 2.75) is 94.8 Å². The highest BCUT2D eigenvalue weighted by Gasteiger charge is 2.50. The lowest BCUT2D eigenvalue weighted by Crippen LogP contribution is -2.48. The number of aldehydes is 1. The number of carboxylic acids is 1. The molecule has 0 amide bonds. The van der Waals surface area contributed by atoms with Crippen molar-refractivity contribution in [2.24, 2.45) is 35.5 Å². The highest BCUT2D eigenvalue weighted by atomic mass is 16.4. The van der Waals surface area contributed by atoms with Crippen LogP contribution in [0.4, 0.5) is 0 Å². The zero-order valence-corrected chi connectivity index (χ0v) is 31.4. The average Bonchev–Trinajstić information content (AvgIpc) is 3.67. The summed E-state index contributed by atoms with van der Waals surface area (Å²) in [4.78, 5) is 25.3. The van der Waals surface area contributed by atoms with E-state index in [1.54, 1.807) is 12.1 Å². The van der Waals surface area contributed by atoms with Crippen LogP contribution in [0, 0.1) is 35.5 Å². The maximum Gasteiger partial charge on any atom is 0.307 e. The molecular formula is C48H56O6. The van der Waals surface area contributed by atoms with Crippen LogP contribution in [0.1, 0.15) is 99.7 Å². The Hall–Kier alpha value is -4.42. The lowest BCUT2D eigenvalue weighted by Gasteiger charge is -2.48. The van der Waals surface area contributed by atoms with Gasteiger partial charge in [-0.15, -0.1) is 0 Å². The number of allylic oxidation sites excluding steroid dienone is 3. The van der Waals surface area contributed by atoms with Crippen LogP contribution < -0.4 is 10.4 Å². The molecule has 7 rings (SSSR count). The molecule has 4 aliphatic carbocycles. The Morgan fingerprint density at radius 1 is 0.889 bits per heavy atom. The number of fused-ring (bicyclic) bond motifs is 5. The monoisotopic (exact) mass is 728 g/mol. The predicted molar refractivity (Wildman–Crippen MR) is 213 cm³/mol. The van der Waals surface area contributed by atoms with Gasteiger partial charge in [0.2, 0.25) is 0 Å². The second-order valence-electron chi connectivity index (χ2n) is 16.6. The molecule has 54 heavy (non-hydrogen) atoms. The number of aliphatic carboxylic acids is 1. The van der Waals surface area contributed by atoms with E-state index in [-0.39, 0.29) is 41.9 Å². The summed E-state index contributed by atoms with van der Waals surface area (Å²) in [6, 6.07) is 24.3. The zero-order chi connectivity index (χ0) is 37.7. The van der Waals surface area contributed by atoms with Gasteiger partial charge in [0.15, 0.2) is 0 Å². The van der Waals surface area contributed by atoms with Crippen molar-refractivity contribution in [1.29, 1.82) is 0 Å². The molecular weight excluding hydrogens is 673 g/mol. The largest absolute Gasteiger partial charge is 0.511 e. The number of carboxylic acid groups (broad SMARTS) is 1. The third-order valence-corrected chi connectivity index (χ3v) is 13.6. The van der Waals surface area contributed by atoms with Crippen molar-refractivity contribution < 1.29 is 30.0 Å². The van der Waals surface area contributed by atoms with E-state index in [0.29, 0.717) is 24.5 Å². The molecule has 1 fully saturated rings. The highest BCUT2D eigenvalue weighted by molar-refractivity contribution is 5.73. The minimum Gasteiger partial charge on any atom is -0.511 e. The van der Waals surface area contributed by atoms with Gasteiger partial charge in [0.1, 0.15) is 17.8 Å². The summed E-state index contributed by atoms with van der Waals surface area (Å²) in [5.41, 5.74) is 3.84. The topological polar surface area (TPSA) is 115 Å². The van der Waals surface area contributed by atoms with Crippen LogP contribution in [0.3, 0.4) is 0 Å². The molecule has 6 heteroatoms.